The van der Waals surface area contributed by atoms with E-state index >= 15 is 0 Å². The third-order valence-corrected chi connectivity index (χ3v) is 1.53. The first-order valence-electron chi connectivity index (χ1n) is 4.00. The van der Waals surface area contributed by atoms with Gasteiger partial charge in [-0.3, -0.25) is 20.6 Å². The van der Waals surface area contributed by atoms with Crippen molar-refractivity contribution in [3.8, 4) is 0 Å². The SMILES string of the molecule is C=C(NNC(=O)c1ccncc1)C(=O)O. The van der Waals surface area contributed by atoms with E-state index in [2.05, 4.69) is 22.4 Å². The molecule has 6 heteroatoms. The van der Waals surface area contributed by atoms with E-state index in [9.17, 15) is 9.59 Å². The maximum absolute atomic E-state index is 11.3. The molecule has 0 bridgehead atoms. The summed E-state index contributed by atoms with van der Waals surface area (Å²) < 4.78 is 0. The standard InChI is InChI=1S/C9H9N3O3/c1-6(9(14)15)11-12-8(13)7-2-4-10-5-3-7/h2-5,11H,1H2,(H,12,13)(H,14,15). The van der Waals surface area contributed by atoms with Crippen molar-refractivity contribution < 1.29 is 14.7 Å². The Morgan fingerprint density at radius 3 is 2.40 bits per heavy atom. The van der Waals surface area contributed by atoms with Gasteiger partial charge >= 0.3 is 5.97 Å². The van der Waals surface area contributed by atoms with Crippen LogP contribution in [0, 0.1) is 0 Å². The van der Waals surface area contributed by atoms with Crippen LogP contribution < -0.4 is 10.9 Å². The summed E-state index contributed by atoms with van der Waals surface area (Å²) in [6, 6.07) is 3.00. The summed E-state index contributed by atoms with van der Waals surface area (Å²) in [5, 5.41) is 8.44. The minimum atomic E-state index is -1.23. The molecule has 0 atom stereocenters. The van der Waals surface area contributed by atoms with E-state index in [-0.39, 0.29) is 5.70 Å². The van der Waals surface area contributed by atoms with Crippen LogP contribution >= 0.6 is 0 Å². The number of carbonyl (C=O) groups is 2. The van der Waals surface area contributed by atoms with E-state index in [0.717, 1.165) is 0 Å². The van der Waals surface area contributed by atoms with Gasteiger partial charge in [0.25, 0.3) is 5.91 Å². The van der Waals surface area contributed by atoms with E-state index in [0.29, 0.717) is 5.56 Å². The third-order valence-electron chi connectivity index (χ3n) is 1.53. The Kier molecular flexibility index (Phi) is 3.39. The molecule has 6 nitrogen and oxygen atoms in total. The molecule has 78 valence electrons. The molecule has 1 rings (SSSR count). The second kappa shape index (κ2) is 4.75. The van der Waals surface area contributed by atoms with Crippen LogP contribution in [0.4, 0.5) is 0 Å². The van der Waals surface area contributed by atoms with Crippen LogP contribution in [-0.4, -0.2) is 22.0 Å². The number of carboxylic acids is 1. The van der Waals surface area contributed by atoms with Crippen LogP contribution in [0.5, 0.6) is 0 Å². The van der Waals surface area contributed by atoms with Gasteiger partial charge in [0.2, 0.25) is 0 Å². The molecule has 1 heterocycles. The molecule has 1 aromatic heterocycles. The highest BCUT2D eigenvalue weighted by Gasteiger charge is 2.06. The summed E-state index contributed by atoms with van der Waals surface area (Å²) >= 11 is 0. The molecule has 0 fully saturated rings. The van der Waals surface area contributed by atoms with Crippen molar-refractivity contribution in [2.45, 2.75) is 0 Å². The Labute approximate surface area is 85.6 Å². The van der Waals surface area contributed by atoms with Crippen LogP contribution in [0.1, 0.15) is 10.4 Å². The Hall–Kier alpha value is -2.37. The first-order valence-corrected chi connectivity index (χ1v) is 4.00. The number of hydrazine groups is 1. The molecular formula is C9H9N3O3. The number of aromatic nitrogens is 1. The van der Waals surface area contributed by atoms with E-state index in [1.54, 1.807) is 0 Å². The van der Waals surface area contributed by atoms with Crippen LogP contribution in [0.3, 0.4) is 0 Å². The Bertz CT molecular complexity index is 389. The maximum Gasteiger partial charge on any atom is 0.353 e. The highest BCUT2D eigenvalue weighted by molar-refractivity contribution is 5.94. The number of nitrogens with zero attached hydrogens (tertiary/aromatic N) is 1. The number of hydrogen-bond acceptors (Lipinski definition) is 4. The van der Waals surface area contributed by atoms with Gasteiger partial charge in [0.1, 0.15) is 5.70 Å². The molecule has 15 heavy (non-hydrogen) atoms. The fourth-order valence-electron chi connectivity index (χ4n) is 0.761. The first kappa shape index (κ1) is 10.7. The van der Waals surface area contributed by atoms with Crippen molar-refractivity contribution in [2.24, 2.45) is 0 Å². The average molecular weight is 207 g/mol. The molecule has 1 aromatic rings. The number of nitrogens with one attached hydrogen (secondary N) is 2. The number of carbonyl (C=O) groups excluding carboxylic acids is 1. The number of aliphatic carboxylic acids is 1. The quantitative estimate of drug-likeness (QED) is 0.474. The van der Waals surface area contributed by atoms with Gasteiger partial charge in [-0.1, -0.05) is 6.58 Å². The minimum absolute atomic E-state index is 0.308. The molecule has 0 aromatic carbocycles. The Morgan fingerprint density at radius 1 is 1.27 bits per heavy atom. The van der Waals surface area contributed by atoms with Crippen LogP contribution in [-0.2, 0) is 4.79 Å². The second-order valence-electron chi connectivity index (χ2n) is 2.60. The summed E-state index contributed by atoms with van der Waals surface area (Å²) in [5.41, 5.74) is 4.41. The lowest BCUT2D eigenvalue weighted by Crippen LogP contribution is -2.38. The van der Waals surface area contributed by atoms with E-state index in [4.69, 9.17) is 5.11 Å². The lowest BCUT2D eigenvalue weighted by atomic mass is 10.3. The Balaban J connectivity index is 2.51. The highest BCUT2D eigenvalue weighted by atomic mass is 16.4. The van der Waals surface area contributed by atoms with Gasteiger partial charge in [-0.25, -0.2) is 4.79 Å². The van der Waals surface area contributed by atoms with E-state index in [1.807, 2.05) is 0 Å². The summed E-state index contributed by atoms with van der Waals surface area (Å²) in [5.74, 6) is -1.69. The van der Waals surface area contributed by atoms with Crippen molar-refractivity contribution in [1.82, 2.24) is 15.8 Å². The third kappa shape index (κ3) is 3.11. The average Bonchev–Trinajstić information content (AvgIpc) is 2.26. The lowest BCUT2D eigenvalue weighted by Gasteiger charge is -2.06. The van der Waals surface area contributed by atoms with Gasteiger partial charge < -0.3 is 5.11 Å². The maximum atomic E-state index is 11.3. The molecule has 1 amide bonds. The summed E-state index contributed by atoms with van der Waals surface area (Å²) in [6.07, 6.45) is 2.92. The van der Waals surface area contributed by atoms with Crippen molar-refractivity contribution in [3.63, 3.8) is 0 Å². The zero-order valence-electron chi connectivity index (χ0n) is 7.73. The van der Waals surface area contributed by atoms with Gasteiger partial charge in [0, 0.05) is 18.0 Å². The van der Waals surface area contributed by atoms with Crippen LogP contribution in [0.15, 0.2) is 36.8 Å². The molecule has 0 spiro atoms. The fourth-order valence-corrected chi connectivity index (χ4v) is 0.761. The second-order valence-corrected chi connectivity index (χ2v) is 2.60. The molecule has 0 aliphatic rings. The number of hydrogen-bond donors (Lipinski definition) is 3. The van der Waals surface area contributed by atoms with Crippen LogP contribution in [0.25, 0.3) is 0 Å². The molecule has 0 unspecified atom stereocenters. The minimum Gasteiger partial charge on any atom is -0.477 e. The molecule has 0 saturated heterocycles. The number of pyridine rings is 1. The highest BCUT2D eigenvalue weighted by Crippen LogP contribution is 1.94. The summed E-state index contributed by atoms with van der Waals surface area (Å²) in [6.45, 7) is 3.18. The van der Waals surface area contributed by atoms with Gasteiger partial charge in [-0.05, 0) is 12.1 Å². The zero-order chi connectivity index (χ0) is 11.3. The monoisotopic (exact) mass is 207 g/mol. The molecule has 0 radical (unpaired) electrons. The molecule has 3 N–H and O–H groups in total. The number of rotatable bonds is 4. The predicted octanol–water partition coefficient (Wildman–Crippen LogP) is -0.0857. The predicted molar refractivity (Wildman–Crippen MR) is 51.6 cm³/mol. The zero-order valence-corrected chi connectivity index (χ0v) is 7.73. The van der Waals surface area contributed by atoms with E-state index < -0.39 is 11.9 Å². The molecule has 0 aliphatic heterocycles. The van der Waals surface area contributed by atoms with Crippen molar-refractivity contribution >= 4 is 11.9 Å². The Morgan fingerprint density at radius 2 is 1.87 bits per heavy atom. The van der Waals surface area contributed by atoms with Gasteiger partial charge in [-0.15, -0.1) is 0 Å². The summed E-state index contributed by atoms with van der Waals surface area (Å²) in [4.78, 5) is 25.4. The normalized spacial score (nSPS) is 9.07. The molecular weight excluding hydrogens is 198 g/mol. The van der Waals surface area contributed by atoms with Gasteiger partial charge in [0.05, 0.1) is 0 Å². The number of carboxylic acid groups (broad SMARTS) is 1. The van der Waals surface area contributed by atoms with Gasteiger partial charge in [0.15, 0.2) is 0 Å². The topological polar surface area (TPSA) is 91.3 Å². The van der Waals surface area contributed by atoms with Gasteiger partial charge in [-0.2, -0.15) is 0 Å². The smallest absolute Gasteiger partial charge is 0.353 e. The fraction of sp³-hybridized carbons (Fsp3) is 0. The lowest BCUT2D eigenvalue weighted by molar-refractivity contribution is -0.133. The summed E-state index contributed by atoms with van der Waals surface area (Å²) in [7, 11) is 0. The van der Waals surface area contributed by atoms with Crippen molar-refractivity contribution in [1.29, 1.82) is 0 Å². The van der Waals surface area contributed by atoms with Crippen LogP contribution in [0.2, 0.25) is 0 Å². The molecule has 0 saturated carbocycles. The van der Waals surface area contributed by atoms with E-state index in [1.165, 1.54) is 24.5 Å². The van der Waals surface area contributed by atoms with Crippen molar-refractivity contribution in [3.05, 3.63) is 42.4 Å². The molecule has 0 aliphatic carbocycles. The first-order chi connectivity index (χ1) is 7.11. The largest absolute Gasteiger partial charge is 0.477 e. The van der Waals surface area contributed by atoms with Crippen molar-refractivity contribution in [2.75, 3.05) is 0 Å². The number of amides is 1.